The number of aromatic nitrogens is 2. The van der Waals surface area contributed by atoms with Crippen LogP contribution in [0.3, 0.4) is 0 Å². The lowest BCUT2D eigenvalue weighted by atomic mass is 10.0. The zero-order valence-corrected chi connectivity index (χ0v) is 8.61. The predicted octanol–water partition coefficient (Wildman–Crippen LogP) is 2.26. The second kappa shape index (κ2) is 3.09. The van der Waals surface area contributed by atoms with Gasteiger partial charge < -0.3 is 4.90 Å². The Morgan fingerprint density at radius 1 is 1.07 bits per heavy atom. The van der Waals surface area contributed by atoms with Gasteiger partial charge in [0, 0.05) is 12.1 Å². The molecule has 1 aromatic heterocycles. The lowest BCUT2D eigenvalue weighted by Gasteiger charge is -2.21. The summed E-state index contributed by atoms with van der Waals surface area (Å²) in [5.74, 6) is 0.861. The van der Waals surface area contributed by atoms with E-state index in [1.54, 1.807) is 12.4 Å². The molecule has 2 bridgehead atoms. The second-order valence-electron chi connectivity index (χ2n) is 4.07. The minimum atomic E-state index is 0.611. The molecule has 1 aromatic rings. The van der Waals surface area contributed by atoms with Crippen LogP contribution >= 0.6 is 11.6 Å². The Labute approximate surface area is 88.1 Å². The summed E-state index contributed by atoms with van der Waals surface area (Å²) >= 11 is 5.76. The van der Waals surface area contributed by atoms with E-state index < -0.39 is 0 Å². The van der Waals surface area contributed by atoms with E-state index >= 15 is 0 Å². The van der Waals surface area contributed by atoms with Crippen LogP contribution in [0.5, 0.6) is 0 Å². The molecular formula is C10H12ClN3. The highest BCUT2D eigenvalue weighted by Crippen LogP contribution is 2.39. The van der Waals surface area contributed by atoms with Gasteiger partial charge in [-0.15, -0.1) is 0 Å². The first-order valence-corrected chi connectivity index (χ1v) is 5.48. The molecule has 0 radical (unpaired) electrons. The maximum absolute atomic E-state index is 5.76. The molecule has 0 unspecified atom stereocenters. The van der Waals surface area contributed by atoms with E-state index in [9.17, 15) is 0 Å². The molecule has 2 fully saturated rings. The molecule has 14 heavy (non-hydrogen) atoms. The van der Waals surface area contributed by atoms with Crippen LogP contribution in [0.25, 0.3) is 0 Å². The van der Waals surface area contributed by atoms with E-state index in [0.29, 0.717) is 17.1 Å². The van der Waals surface area contributed by atoms with Crippen LogP contribution in [0.4, 0.5) is 5.95 Å². The third-order valence-electron chi connectivity index (χ3n) is 3.29. The fourth-order valence-electron chi connectivity index (χ4n) is 2.68. The fourth-order valence-corrected chi connectivity index (χ4v) is 2.78. The van der Waals surface area contributed by atoms with Crippen LogP contribution in [0.2, 0.25) is 5.02 Å². The highest BCUT2D eigenvalue weighted by atomic mass is 35.5. The van der Waals surface area contributed by atoms with Gasteiger partial charge in [0.1, 0.15) is 0 Å². The third-order valence-corrected chi connectivity index (χ3v) is 3.49. The van der Waals surface area contributed by atoms with E-state index in [0.717, 1.165) is 5.95 Å². The van der Waals surface area contributed by atoms with Crippen LogP contribution < -0.4 is 4.90 Å². The quantitative estimate of drug-likeness (QED) is 0.711. The average molecular weight is 210 g/mol. The summed E-state index contributed by atoms with van der Waals surface area (Å²) in [4.78, 5) is 10.9. The molecule has 74 valence electrons. The van der Waals surface area contributed by atoms with Crippen molar-refractivity contribution in [3.8, 4) is 0 Å². The van der Waals surface area contributed by atoms with Crippen molar-refractivity contribution in [3.63, 3.8) is 0 Å². The van der Waals surface area contributed by atoms with E-state index in [-0.39, 0.29) is 0 Å². The summed E-state index contributed by atoms with van der Waals surface area (Å²) in [7, 11) is 0. The first kappa shape index (κ1) is 8.48. The first-order valence-electron chi connectivity index (χ1n) is 5.10. The number of fused-ring (bicyclic) bond motifs is 2. The molecule has 0 amide bonds. The predicted molar refractivity (Wildman–Crippen MR) is 55.6 cm³/mol. The molecule has 0 aromatic carbocycles. The van der Waals surface area contributed by atoms with Gasteiger partial charge in [-0.3, -0.25) is 0 Å². The highest BCUT2D eigenvalue weighted by Gasteiger charge is 2.40. The largest absolute Gasteiger partial charge is 0.335 e. The van der Waals surface area contributed by atoms with Crippen molar-refractivity contribution in [2.45, 2.75) is 37.8 Å². The van der Waals surface area contributed by atoms with Crippen LogP contribution in [0, 0.1) is 0 Å². The zero-order valence-electron chi connectivity index (χ0n) is 7.86. The number of hydrogen-bond acceptors (Lipinski definition) is 3. The lowest BCUT2D eigenvalue weighted by molar-refractivity contribution is 0.576. The van der Waals surface area contributed by atoms with Gasteiger partial charge in [0.05, 0.1) is 17.4 Å². The molecule has 0 atom stereocenters. The third kappa shape index (κ3) is 1.19. The van der Waals surface area contributed by atoms with Crippen molar-refractivity contribution in [3.05, 3.63) is 17.4 Å². The fraction of sp³-hybridized carbons (Fsp3) is 0.600. The number of nitrogens with zero attached hydrogens (tertiary/aromatic N) is 3. The van der Waals surface area contributed by atoms with Crippen molar-refractivity contribution < 1.29 is 0 Å². The lowest BCUT2D eigenvalue weighted by Crippen LogP contribution is -2.29. The summed E-state index contributed by atoms with van der Waals surface area (Å²) < 4.78 is 0. The van der Waals surface area contributed by atoms with Crippen molar-refractivity contribution in [1.29, 1.82) is 0 Å². The Hall–Kier alpha value is -0.830. The number of hydrogen-bond donors (Lipinski definition) is 0. The molecule has 3 rings (SSSR count). The van der Waals surface area contributed by atoms with E-state index in [2.05, 4.69) is 14.9 Å². The van der Waals surface area contributed by atoms with Crippen LogP contribution in [-0.4, -0.2) is 22.1 Å². The van der Waals surface area contributed by atoms with Gasteiger partial charge in [0.15, 0.2) is 0 Å². The van der Waals surface area contributed by atoms with Gasteiger partial charge in [-0.05, 0) is 25.7 Å². The molecule has 0 saturated carbocycles. The monoisotopic (exact) mass is 209 g/mol. The number of halogens is 1. The Balaban J connectivity index is 1.92. The summed E-state index contributed by atoms with van der Waals surface area (Å²) in [6.07, 6.45) is 8.57. The standard InChI is InChI=1S/C10H12ClN3/c11-7-5-12-10(13-6-7)14-8-1-2-9(14)4-3-8/h5-6,8-9H,1-4H2. The minimum Gasteiger partial charge on any atom is -0.335 e. The maximum atomic E-state index is 5.76. The second-order valence-corrected chi connectivity index (χ2v) is 4.51. The topological polar surface area (TPSA) is 29.0 Å². The van der Waals surface area contributed by atoms with E-state index in [1.807, 2.05) is 0 Å². The van der Waals surface area contributed by atoms with Gasteiger partial charge >= 0.3 is 0 Å². The SMILES string of the molecule is Clc1cnc(N2C3CCC2CC3)nc1. The molecule has 4 heteroatoms. The normalized spacial score (nSPS) is 29.9. The average Bonchev–Trinajstić information content (AvgIpc) is 2.78. The Morgan fingerprint density at radius 3 is 2.07 bits per heavy atom. The Kier molecular flexibility index (Phi) is 1.87. The van der Waals surface area contributed by atoms with Gasteiger partial charge in [-0.2, -0.15) is 0 Å². The van der Waals surface area contributed by atoms with Crippen molar-refractivity contribution in [1.82, 2.24) is 9.97 Å². The zero-order chi connectivity index (χ0) is 9.54. The maximum Gasteiger partial charge on any atom is 0.225 e. The van der Waals surface area contributed by atoms with Gasteiger partial charge in [-0.1, -0.05) is 11.6 Å². The van der Waals surface area contributed by atoms with E-state index in [1.165, 1.54) is 25.7 Å². The summed E-state index contributed by atoms with van der Waals surface area (Å²) in [5, 5.41) is 0.611. The number of anilines is 1. The molecule has 0 aliphatic carbocycles. The smallest absolute Gasteiger partial charge is 0.225 e. The molecule has 3 heterocycles. The van der Waals surface area contributed by atoms with Crippen LogP contribution in [-0.2, 0) is 0 Å². The molecule has 2 aliphatic rings. The molecule has 0 N–H and O–H groups in total. The van der Waals surface area contributed by atoms with Gasteiger partial charge in [-0.25, -0.2) is 9.97 Å². The summed E-state index contributed by atoms with van der Waals surface area (Å²) in [5.41, 5.74) is 0. The Morgan fingerprint density at radius 2 is 1.57 bits per heavy atom. The van der Waals surface area contributed by atoms with Gasteiger partial charge in [0.25, 0.3) is 0 Å². The van der Waals surface area contributed by atoms with Crippen LogP contribution in [0.1, 0.15) is 25.7 Å². The minimum absolute atomic E-state index is 0.611. The summed E-state index contributed by atoms with van der Waals surface area (Å²) in [6, 6.07) is 1.36. The molecular weight excluding hydrogens is 198 g/mol. The molecule has 2 aliphatic heterocycles. The first-order chi connectivity index (χ1) is 6.84. The Bertz CT molecular complexity index is 318. The number of rotatable bonds is 1. The van der Waals surface area contributed by atoms with Crippen LogP contribution in [0.15, 0.2) is 12.4 Å². The molecule has 3 nitrogen and oxygen atoms in total. The summed E-state index contributed by atoms with van der Waals surface area (Å²) in [6.45, 7) is 0. The molecule has 2 saturated heterocycles. The highest BCUT2D eigenvalue weighted by molar-refractivity contribution is 6.30. The van der Waals surface area contributed by atoms with Gasteiger partial charge in [0.2, 0.25) is 5.95 Å². The molecule has 0 spiro atoms. The van der Waals surface area contributed by atoms with E-state index in [4.69, 9.17) is 11.6 Å². The van der Waals surface area contributed by atoms with Crippen molar-refractivity contribution in [2.24, 2.45) is 0 Å². The van der Waals surface area contributed by atoms with Crippen molar-refractivity contribution >= 4 is 17.5 Å². The van der Waals surface area contributed by atoms with Crippen molar-refractivity contribution in [2.75, 3.05) is 4.90 Å².